The summed E-state index contributed by atoms with van der Waals surface area (Å²) in [5, 5.41) is 9.56. The molecule has 1 N–H and O–H groups in total. The number of hydrogen-bond donors (Lipinski definition) is 1. The van der Waals surface area contributed by atoms with Crippen LogP contribution in [0.3, 0.4) is 0 Å². The Morgan fingerprint density at radius 1 is 1.26 bits per heavy atom. The normalized spacial score (nSPS) is 15.7. The predicted molar refractivity (Wildman–Crippen MR) is 93.3 cm³/mol. The molecule has 1 aliphatic heterocycles. The van der Waals surface area contributed by atoms with Gasteiger partial charge in [0.2, 0.25) is 0 Å². The first-order valence-corrected chi connectivity index (χ1v) is 8.55. The quantitative estimate of drug-likeness (QED) is 0.875. The van der Waals surface area contributed by atoms with E-state index in [0.717, 1.165) is 21.4 Å². The minimum atomic E-state index is -0.280. The van der Waals surface area contributed by atoms with Crippen molar-refractivity contribution in [1.29, 1.82) is 0 Å². The number of pyridine rings is 1. The van der Waals surface area contributed by atoms with Gasteiger partial charge in [0, 0.05) is 23.1 Å². The summed E-state index contributed by atoms with van der Waals surface area (Å²) in [6, 6.07) is 11.7. The zero-order valence-electron chi connectivity index (χ0n) is 13.0. The number of carbonyl (C=O) groups excluding carboxylic acids is 1. The molecule has 4 nitrogen and oxygen atoms in total. The van der Waals surface area contributed by atoms with E-state index in [4.69, 9.17) is 0 Å². The van der Waals surface area contributed by atoms with Crippen molar-refractivity contribution in [3.05, 3.63) is 52.1 Å². The van der Waals surface area contributed by atoms with Crippen molar-refractivity contribution >= 4 is 21.8 Å². The summed E-state index contributed by atoms with van der Waals surface area (Å²) < 4.78 is 1.00. The van der Waals surface area contributed by atoms with Crippen LogP contribution in [0.15, 0.2) is 40.9 Å². The lowest BCUT2D eigenvalue weighted by Crippen LogP contribution is -2.40. The number of benzene rings is 1. The fourth-order valence-electron chi connectivity index (χ4n) is 2.83. The number of amides is 1. The zero-order chi connectivity index (χ0) is 16.4. The second kappa shape index (κ2) is 6.81. The molecule has 23 heavy (non-hydrogen) atoms. The third kappa shape index (κ3) is 3.62. The van der Waals surface area contributed by atoms with Gasteiger partial charge in [-0.05, 0) is 44.0 Å². The molecule has 0 bridgehead atoms. The Morgan fingerprint density at radius 3 is 2.65 bits per heavy atom. The van der Waals surface area contributed by atoms with Crippen LogP contribution in [0, 0.1) is 6.92 Å². The van der Waals surface area contributed by atoms with Gasteiger partial charge in [-0.25, -0.2) is 0 Å². The number of aliphatic hydroxyl groups is 1. The molecule has 0 atom stereocenters. The highest BCUT2D eigenvalue weighted by molar-refractivity contribution is 9.10. The molecule has 2 heterocycles. The highest BCUT2D eigenvalue weighted by Crippen LogP contribution is 2.23. The Hall–Kier alpha value is -1.72. The lowest BCUT2D eigenvalue weighted by Gasteiger charge is -2.30. The number of carbonyl (C=O) groups is 1. The van der Waals surface area contributed by atoms with Gasteiger partial charge < -0.3 is 10.0 Å². The fraction of sp³-hybridized carbons (Fsp3) is 0.333. The molecule has 0 radical (unpaired) electrons. The molecular formula is C18H19BrN2O2. The van der Waals surface area contributed by atoms with Crippen molar-refractivity contribution in [3.63, 3.8) is 0 Å². The SMILES string of the molecule is Cc1nc(-c2cccc(Br)c2)ccc1C(=O)N1CCC(O)CC1. The van der Waals surface area contributed by atoms with Gasteiger partial charge in [0.05, 0.1) is 23.1 Å². The van der Waals surface area contributed by atoms with Crippen LogP contribution in [0.25, 0.3) is 11.3 Å². The van der Waals surface area contributed by atoms with E-state index < -0.39 is 0 Å². The highest BCUT2D eigenvalue weighted by Gasteiger charge is 2.23. The van der Waals surface area contributed by atoms with Crippen LogP contribution in [0.1, 0.15) is 28.9 Å². The van der Waals surface area contributed by atoms with Crippen LogP contribution < -0.4 is 0 Å². The van der Waals surface area contributed by atoms with Gasteiger partial charge in [-0.2, -0.15) is 0 Å². The van der Waals surface area contributed by atoms with E-state index in [1.807, 2.05) is 43.3 Å². The van der Waals surface area contributed by atoms with E-state index in [-0.39, 0.29) is 12.0 Å². The molecule has 1 fully saturated rings. The molecule has 3 rings (SSSR count). The Labute approximate surface area is 144 Å². The summed E-state index contributed by atoms with van der Waals surface area (Å²) in [6.07, 6.45) is 1.01. The number of likely N-dealkylation sites (tertiary alicyclic amines) is 1. The van der Waals surface area contributed by atoms with Gasteiger partial charge in [0.15, 0.2) is 0 Å². The molecule has 120 valence electrons. The molecule has 1 aliphatic rings. The number of aryl methyl sites for hydroxylation is 1. The van der Waals surface area contributed by atoms with Crippen LogP contribution in [0.2, 0.25) is 0 Å². The number of nitrogens with zero attached hydrogens (tertiary/aromatic N) is 2. The Bertz CT molecular complexity index is 725. The van der Waals surface area contributed by atoms with Gasteiger partial charge in [-0.3, -0.25) is 9.78 Å². The highest BCUT2D eigenvalue weighted by atomic mass is 79.9. The van der Waals surface area contributed by atoms with Crippen LogP contribution in [0.5, 0.6) is 0 Å². The van der Waals surface area contributed by atoms with E-state index in [1.165, 1.54) is 0 Å². The molecule has 2 aromatic rings. The summed E-state index contributed by atoms with van der Waals surface area (Å²) in [4.78, 5) is 19.0. The first kappa shape index (κ1) is 16.1. The smallest absolute Gasteiger partial charge is 0.255 e. The molecular weight excluding hydrogens is 356 g/mol. The molecule has 0 aliphatic carbocycles. The largest absolute Gasteiger partial charge is 0.393 e. The third-order valence-corrected chi connectivity index (χ3v) is 4.68. The van der Waals surface area contributed by atoms with E-state index >= 15 is 0 Å². The van der Waals surface area contributed by atoms with E-state index in [1.54, 1.807) is 4.90 Å². The molecule has 0 saturated carbocycles. The second-order valence-corrected chi connectivity index (χ2v) is 6.78. The van der Waals surface area contributed by atoms with Crippen LogP contribution in [-0.4, -0.2) is 40.1 Å². The lowest BCUT2D eigenvalue weighted by molar-refractivity contribution is 0.0545. The topological polar surface area (TPSA) is 53.4 Å². The first-order chi connectivity index (χ1) is 11.0. The third-order valence-electron chi connectivity index (χ3n) is 4.19. The maximum absolute atomic E-state index is 12.6. The summed E-state index contributed by atoms with van der Waals surface area (Å²) >= 11 is 3.46. The molecule has 1 saturated heterocycles. The Kier molecular flexibility index (Phi) is 4.78. The molecule has 1 aromatic heterocycles. The predicted octanol–water partition coefficient (Wildman–Crippen LogP) is 3.42. The number of halogens is 1. The van der Waals surface area contributed by atoms with Gasteiger partial charge >= 0.3 is 0 Å². The second-order valence-electron chi connectivity index (χ2n) is 5.86. The van der Waals surface area contributed by atoms with Gasteiger partial charge in [0.25, 0.3) is 5.91 Å². The van der Waals surface area contributed by atoms with Crippen molar-refractivity contribution < 1.29 is 9.90 Å². The number of aliphatic hydroxyl groups excluding tert-OH is 1. The van der Waals surface area contributed by atoms with Crippen LogP contribution in [0.4, 0.5) is 0 Å². The van der Waals surface area contributed by atoms with Crippen LogP contribution in [-0.2, 0) is 0 Å². The fourth-order valence-corrected chi connectivity index (χ4v) is 3.23. The van der Waals surface area contributed by atoms with Crippen molar-refractivity contribution in [1.82, 2.24) is 9.88 Å². The molecule has 1 aromatic carbocycles. The lowest BCUT2D eigenvalue weighted by atomic mass is 10.0. The molecule has 0 unspecified atom stereocenters. The number of rotatable bonds is 2. The van der Waals surface area contributed by atoms with Crippen molar-refractivity contribution in [2.45, 2.75) is 25.9 Å². The Morgan fingerprint density at radius 2 is 2.00 bits per heavy atom. The molecule has 5 heteroatoms. The summed E-state index contributed by atoms with van der Waals surface area (Å²) in [6.45, 7) is 3.08. The number of piperidine rings is 1. The zero-order valence-corrected chi connectivity index (χ0v) is 14.6. The first-order valence-electron chi connectivity index (χ1n) is 7.75. The average Bonchev–Trinajstić information content (AvgIpc) is 2.55. The average molecular weight is 375 g/mol. The summed E-state index contributed by atoms with van der Waals surface area (Å²) in [7, 11) is 0. The van der Waals surface area contributed by atoms with Crippen molar-refractivity contribution in [2.24, 2.45) is 0 Å². The monoisotopic (exact) mass is 374 g/mol. The standard InChI is InChI=1S/C18H19BrN2O2/c1-12-16(18(23)21-9-7-15(22)8-10-21)5-6-17(20-12)13-3-2-4-14(19)11-13/h2-6,11,15,22H,7-10H2,1H3. The van der Waals surface area contributed by atoms with Gasteiger partial charge in [-0.15, -0.1) is 0 Å². The van der Waals surface area contributed by atoms with Gasteiger partial charge in [0.1, 0.15) is 0 Å². The Balaban J connectivity index is 1.83. The van der Waals surface area contributed by atoms with Gasteiger partial charge in [-0.1, -0.05) is 28.1 Å². The maximum Gasteiger partial charge on any atom is 0.255 e. The van der Waals surface area contributed by atoms with E-state index in [0.29, 0.717) is 31.5 Å². The van der Waals surface area contributed by atoms with Crippen molar-refractivity contribution in [3.8, 4) is 11.3 Å². The molecule has 0 spiro atoms. The molecule has 1 amide bonds. The minimum absolute atomic E-state index is 0.00249. The number of aromatic nitrogens is 1. The van der Waals surface area contributed by atoms with E-state index in [9.17, 15) is 9.90 Å². The van der Waals surface area contributed by atoms with E-state index in [2.05, 4.69) is 20.9 Å². The van der Waals surface area contributed by atoms with Crippen molar-refractivity contribution in [2.75, 3.05) is 13.1 Å². The maximum atomic E-state index is 12.6. The summed E-state index contributed by atoms with van der Waals surface area (Å²) in [5.74, 6) is 0.00249. The number of hydrogen-bond acceptors (Lipinski definition) is 3. The minimum Gasteiger partial charge on any atom is -0.393 e. The summed E-state index contributed by atoms with van der Waals surface area (Å²) in [5.41, 5.74) is 3.25. The van der Waals surface area contributed by atoms with Crippen LogP contribution >= 0.6 is 15.9 Å².